The highest BCUT2D eigenvalue weighted by molar-refractivity contribution is 6.22. The summed E-state index contributed by atoms with van der Waals surface area (Å²) in [6, 6.07) is 2.95. The van der Waals surface area contributed by atoms with E-state index in [9.17, 15) is 9.59 Å². The number of nitrogens with one attached hydrogen (secondary N) is 1. The Morgan fingerprint density at radius 2 is 2.13 bits per heavy atom. The van der Waals surface area contributed by atoms with Gasteiger partial charge in [0.25, 0.3) is 5.91 Å². The van der Waals surface area contributed by atoms with E-state index in [1.165, 1.54) is 6.20 Å². The molecular formula is C10H11N3O2. The number of carbonyl (C=O) groups excluding carboxylic acids is 2. The molecule has 15 heavy (non-hydrogen) atoms. The number of anilines is 1. The van der Waals surface area contributed by atoms with Crippen LogP contribution in [0.5, 0.6) is 0 Å². The highest BCUT2D eigenvalue weighted by Crippen LogP contribution is 2.22. The fourth-order valence-corrected chi connectivity index (χ4v) is 1.47. The first-order chi connectivity index (χ1) is 7.02. The van der Waals surface area contributed by atoms with E-state index < -0.39 is 11.6 Å². The van der Waals surface area contributed by atoms with Crippen LogP contribution >= 0.6 is 0 Å². The van der Waals surface area contributed by atoms with Gasteiger partial charge in [0.1, 0.15) is 5.54 Å². The Balaban J connectivity index is 2.40. The molecule has 5 nitrogen and oxygen atoms in total. The van der Waals surface area contributed by atoms with Crippen molar-refractivity contribution in [1.82, 2.24) is 10.3 Å². The molecule has 0 aromatic carbocycles. The Hall–Kier alpha value is -1.91. The molecule has 0 aliphatic carbocycles. The summed E-state index contributed by atoms with van der Waals surface area (Å²) < 4.78 is 0. The van der Waals surface area contributed by atoms with Crippen molar-refractivity contribution in [1.29, 1.82) is 0 Å². The van der Waals surface area contributed by atoms with E-state index in [0.717, 1.165) is 4.90 Å². The van der Waals surface area contributed by atoms with E-state index in [1.807, 2.05) is 0 Å². The normalized spacial score (nSPS) is 19.2. The van der Waals surface area contributed by atoms with Crippen LogP contribution in [0.1, 0.15) is 13.8 Å². The minimum Gasteiger partial charge on any atom is -0.323 e. The topological polar surface area (TPSA) is 62.3 Å². The summed E-state index contributed by atoms with van der Waals surface area (Å²) in [6.07, 6.45) is 3.08. The van der Waals surface area contributed by atoms with Gasteiger partial charge in [0.2, 0.25) is 0 Å². The average molecular weight is 205 g/mol. The van der Waals surface area contributed by atoms with Gasteiger partial charge in [-0.1, -0.05) is 0 Å². The summed E-state index contributed by atoms with van der Waals surface area (Å²) in [5, 5.41) is 2.60. The van der Waals surface area contributed by atoms with Crippen molar-refractivity contribution in [3.05, 3.63) is 24.5 Å². The number of pyridine rings is 1. The van der Waals surface area contributed by atoms with Crippen LogP contribution in [0.2, 0.25) is 0 Å². The maximum absolute atomic E-state index is 11.9. The summed E-state index contributed by atoms with van der Waals surface area (Å²) >= 11 is 0. The van der Waals surface area contributed by atoms with Crippen LogP contribution in [0.4, 0.5) is 10.5 Å². The van der Waals surface area contributed by atoms with Gasteiger partial charge in [-0.3, -0.25) is 9.78 Å². The zero-order valence-electron chi connectivity index (χ0n) is 8.52. The molecule has 1 N–H and O–H groups in total. The third-order valence-electron chi connectivity index (χ3n) is 2.26. The number of amides is 3. The molecule has 78 valence electrons. The Bertz CT molecular complexity index is 414. The molecule has 1 saturated heterocycles. The van der Waals surface area contributed by atoms with Crippen molar-refractivity contribution in [2.24, 2.45) is 0 Å². The predicted molar refractivity (Wildman–Crippen MR) is 54.3 cm³/mol. The highest BCUT2D eigenvalue weighted by atomic mass is 16.2. The number of carbonyl (C=O) groups is 2. The lowest BCUT2D eigenvalue weighted by Crippen LogP contribution is -2.40. The van der Waals surface area contributed by atoms with E-state index in [0.29, 0.717) is 5.69 Å². The van der Waals surface area contributed by atoms with Gasteiger partial charge in [0.05, 0.1) is 11.9 Å². The molecule has 2 heterocycles. The Kier molecular flexibility index (Phi) is 1.96. The number of imide groups is 1. The zero-order chi connectivity index (χ0) is 11.1. The van der Waals surface area contributed by atoms with Crippen LogP contribution in [0.25, 0.3) is 0 Å². The first-order valence-corrected chi connectivity index (χ1v) is 4.59. The van der Waals surface area contributed by atoms with Crippen molar-refractivity contribution >= 4 is 17.6 Å². The van der Waals surface area contributed by atoms with Gasteiger partial charge >= 0.3 is 6.03 Å². The van der Waals surface area contributed by atoms with E-state index >= 15 is 0 Å². The molecule has 1 aliphatic heterocycles. The smallest absolute Gasteiger partial charge is 0.323 e. The molecule has 0 saturated carbocycles. The summed E-state index contributed by atoms with van der Waals surface area (Å²) in [5.41, 5.74) is -0.349. The maximum atomic E-state index is 11.9. The Morgan fingerprint density at radius 1 is 1.40 bits per heavy atom. The van der Waals surface area contributed by atoms with Crippen LogP contribution in [0.3, 0.4) is 0 Å². The lowest BCUT2D eigenvalue weighted by atomic mass is 10.1. The van der Waals surface area contributed by atoms with Crippen LogP contribution in [-0.2, 0) is 4.79 Å². The second kappa shape index (κ2) is 3.05. The molecule has 3 amide bonds. The van der Waals surface area contributed by atoms with Gasteiger partial charge in [-0.2, -0.15) is 0 Å². The first kappa shape index (κ1) is 9.64. The number of rotatable bonds is 1. The van der Waals surface area contributed by atoms with Gasteiger partial charge < -0.3 is 5.32 Å². The van der Waals surface area contributed by atoms with Crippen LogP contribution < -0.4 is 10.2 Å². The van der Waals surface area contributed by atoms with E-state index in [4.69, 9.17) is 0 Å². The van der Waals surface area contributed by atoms with Crippen molar-refractivity contribution in [3.8, 4) is 0 Å². The second-order valence-electron chi connectivity index (χ2n) is 3.91. The molecule has 1 fully saturated rings. The fourth-order valence-electron chi connectivity index (χ4n) is 1.47. The quantitative estimate of drug-likeness (QED) is 0.693. The minimum atomic E-state index is -0.840. The predicted octanol–water partition coefficient (Wildman–Crippen LogP) is 0.916. The van der Waals surface area contributed by atoms with Crippen molar-refractivity contribution < 1.29 is 9.59 Å². The van der Waals surface area contributed by atoms with Crippen molar-refractivity contribution in [2.45, 2.75) is 19.4 Å². The number of nitrogens with zero attached hydrogens (tertiary/aromatic N) is 2. The summed E-state index contributed by atoms with van der Waals surface area (Å²) in [6.45, 7) is 3.34. The van der Waals surface area contributed by atoms with Gasteiger partial charge in [-0.15, -0.1) is 0 Å². The average Bonchev–Trinajstić information content (AvgIpc) is 2.38. The summed E-state index contributed by atoms with van der Waals surface area (Å²) in [5.74, 6) is -0.263. The SMILES string of the molecule is CC1(C)NC(=O)N(c2cccnc2)C1=O. The standard InChI is InChI=1S/C10H11N3O2/c1-10(2)8(14)13(9(15)12-10)7-4-3-5-11-6-7/h3-6H,1-2H3,(H,12,15). The molecule has 0 atom stereocenters. The third kappa shape index (κ3) is 1.45. The number of urea groups is 1. The van der Waals surface area contributed by atoms with E-state index in [2.05, 4.69) is 10.3 Å². The molecule has 5 heteroatoms. The molecule has 0 unspecified atom stereocenters. The number of aromatic nitrogens is 1. The van der Waals surface area contributed by atoms with Crippen LogP contribution in [-0.4, -0.2) is 22.5 Å². The summed E-state index contributed by atoms with van der Waals surface area (Å²) in [7, 11) is 0. The van der Waals surface area contributed by atoms with Crippen LogP contribution in [0.15, 0.2) is 24.5 Å². The molecule has 2 rings (SSSR count). The molecule has 0 spiro atoms. The first-order valence-electron chi connectivity index (χ1n) is 4.59. The molecular weight excluding hydrogens is 194 g/mol. The lowest BCUT2D eigenvalue weighted by molar-refractivity contribution is -0.121. The van der Waals surface area contributed by atoms with Gasteiger partial charge in [0.15, 0.2) is 0 Å². The van der Waals surface area contributed by atoms with Gasteiger partial charge in [0, 0.05) is 6.20 Å². The highest BCUT2D eigenvalue weighted by Gasteiger charge is 2.45. The fraction of sp³-hybridized carbons (Fsp3) is 0.300. The largest absolute Gasteiger partial charge is 0.329 e. The van der Waals surface area contributed by atoms with Gasteiger partial charge in [-0.05, 0) is 26.0 Å². The zero-order valence-corrected chi connectivity index (χ0v) is 8.52. The molecule has 0 radical (unpaired) electrons. The molecule has 1 aliphatic rings. The van der Waals surface area contributed by atoms with E-state index in [-0.39, 0.29) is 5.91 Å². The Labute approximate surface area is 87.1 Å². The van der Waals surface area contributed by atoms with Gasteiger partial charge in [-0.25, -0.2) is 9.69 Å². The minimum absolute atomic E-state index is 0.263. The summed E-state index contributed by atoms with van der Waals surface area (Å²) in [4.78, 5) is 28.4. The Morgan fingerprint density at radius 3 is 2.60 bits per heavy atom. The molecule has 1 aromatic rings. The molecule has 0 bridgehead atoms. The maximum Gasteiger partial charge on any atom is 0.329 e. The lowest BCUT2D eigenvalue weighted by Gasteiger charge is -2.15. The number of hydrogen-bond donors (Lipinski definition) is 1. The van der Waals surface area contributed by atoms with Crippen molar-refractivity contribution in [3.63, 3.8) is 0 Å². The second-order valence-corrected chi connectivity index (χ2v) is 3.91. The van der Waals surface area contributed by atoms with Crippen molar-refractivity contribution in [2.75, 3.05) is 4.90 Å². The monoisotopic (exact) mass is 205 g/mol. The molecule has 1 aromatic heterocycles. The third-order valence-corrected chi connectivity index (χ3v) is 2.26. The van der Waals surface area contributed by atoms with Crippen LogP contribution in [0, 0.1) is 0 Å². The number of hydrogen-bond acceptors (Lipinski definition) is 3. The van der Waals surface area contributed by atoms with E-state index in [1.54, 1.807) is 32.2 Å².